The topological polar surface area (TPSA) is 37.3 Å². The zero-order valence-corrected chi connectivity index (χ0v) is 11.0. The van der Waals surface area contributed by atoms with Gasteiger partial charge in [-0.2, -0.15) is 0 Å². The Morgan fingerprint density at radius 3 is 2.12 bits per heavy atom. The molecule has 0 heterocycles. The van der Waals surface area contributed by atoms with E-state index in [1.807, 2.05) is 0 Å². The van der Waals surface area contributed by atoms with Gasteiger partial charge in [0.15, 0.2) is 0 Å². The summed E-state index contributed by atoms with van der Waals surface area (Å²) in [5.74, 6) is 0. The van der Waals surface area contributed by atoms with Gasteiger partial charge in [0, 0.05) is 6.42 Å². The summed E-state index contributed by atoms with van der Waals surface area (Å²) >= 11 is 0. The Balaban J connectivity index is 0. The van der Waals surface area contributed by atoms with Crippen LogP contribution >= 0.6 is 0 Å². The van der Waals surface area contributed by atoms with Crippen LogP contribution in [0.4, 0.5) is 0 Å². The van der Waals surface area contributed by atoms with Crippen LogP contribution in [0.25, 0.3) is 0 Å². The fourth-order valence-electron chi connectivity index (χ4n) is 1.20. The summed E-state index contributed by atoms with van der Waals surface area (Å²) in [6.45, 7) is 7.77. The minimum absolute atomic E-state index is 0.281. The minimum Gasteiger partial charge on any atom is -0.389 e. The lowest BCUT2D eigenvalue weighted by Crippen LogP contribution is -1.99. The van der Waals surface area contributed by atoms with Crippen molar-refractivity contribution in [3.63, 3.8) is 0 Å². The van der Waals surface area contributed by atoms with Crippen molar-refractivity contribution < 1.29 is 9.90 Å². The van der Waals surface area contributed by atoms with Crippen molar-refractivity contribution in [2.45, 2.75) is 71.3 Å². The molecule has 0 radical (unpaired) electrons. The van der Waals surface area contributed by atoms with Crippen LogP contribution in [-0.4, -0.2) is 17.5 Å². The van der Waals surface area contributed by atoms with Crippen molar-refractivity contribution >= 4 is 6.29 Å². The molecule has 0 aromatic heterocycles. The van der Waals surface area contributed by atoms with Gasteiger partial charge in [0.05, 0.1) is 6.10 Å². The van der Waals surface area contributed by atoms with E-state index < -0.39 is 0 Å². The second-order valence-corrected chi connectivity index (χ2v) is 3.96. The summed E-state index contributed by atoms with van der Waals surface area (Å²) in [5, 5.41) is 8.97. The Morgan fingerprint density at radius 2 is 1.69 bits per heavy atom. The Morgan fingerprint density at radius 1 is 1.12 bits per heavy atom. The van der Waals surface area contributed by atoms with Crippen LogP contribution in [0.1, 0.15) is 65.2 Å². The molecule has 1 atom stereocenters. The average molecular weight is 228 g/mol. The molecule has 1 unspecified atom stereocenters. The van der Waals surface area contributed by atoms with E-state index >= 15 is 0 Å². The van der Waals surface area contributed by atoms with Gasteiger partial charge in [-0.1, -0.05) is 52.0 Å². The molecule has 96 valence electrons. The van der Waals surface area contributed by atoms with Gasteiger partial charge in [0.2, 0.25) is 0 Å². The lowest BCUT2D eigenvalue weighted by atomic mass is 10.1. The molecule has 16 heavy (non-hydrogen) atoms. The lowest BCUT2D eigenvalue weighted by Gasteiger charge is -2.01. The van der Waals surface area contributed by atoms with Gasteiger partial charge in [-0.15, -0.1) is 6.58 Å². The van der Waals surface area contributed by atoms with Gasteiger partial charge in [0.1, 0.15) is 6.29 Å². The van der Waals surface area contributed by atoms with Gasteiger partial charge in [-0.3, -0.25) is 0 Å². The summed E-state index contributed by atoms with van der Waals surface area (Å²) < 4.78 is 0. The van der Waals surface area contributed by atoms with E-state index in [0.717, 1.165) is 32.0 Å². The second kappa shape index (κ2) is 16.8. The zero-order valence-electron chi connectivity index (χ0n) is 11.0. The maximum Gasteiger partial charge on any atom is 0.119 e. The fraction of sp³-hybridized carbons (Fsp3) is 0.786. The lowest BCUT2D eigenvalue weighted by molar-refractivity contribution is -0.107. The largest absolute Gasteiger partial charge is 0.389 e. The first-order valence-corrected chi connectivity index (χ1v) is 6.47. The van der Waals surface area contributed by atoms with Crippen molar-refractivity contribution in [1.29, 1.82) is 0 Å². The molecule has 0 aliphatic heterocycles. The Labute approximate surface area is 101 Å². The van der Waals surface area contributed by atoms with E-state index in [2.05, 4.69) is 20.4 Å². The fourth-order valence-corrected chi connectivity index (χ4v) is 1.20. The van der Waals surface area contributed by atoms with Crippen LogP contribution in [0.15, 0.2) is 12.7 Å². The first-order valence-electron chi connectivity index (χ1n) is 6.47. The smallest absolute Gasteiger partial charge is 0.119 e. The van der Waals surface area contributed by atoms with Crippen LogP contribution in [0.3, 0.4) is 0 Å². The van der Waals surface area contributed by atoms with Gasteiger partial charge in [-0.05, 0) is 12.8 Å². The van der Waals surface area contributed by atoms with E-state index in [1.54, 1.807) is 6.08 Å². The SMILES string of the molecule is C=CC(O)CCCCC.CCCCCC=O. The third kappa shape index (κ3) is 19.0. The predicted molar refractivity (Wildman–Crippen MR) is 70.6 cm³/mol. The maximum absolute atomic E-state index is 9.68. The molecule has 0 rings (SSSR count). The normalized spacial score (nSPS) is 11.2. The molecule has 0 aliphatic rings. The molecule has 0 aromatic rings. The van der Waals surface area contributed by atoms with Gasteiger partial charge < -0.3 is 9.90 Å². The Kier molecular flexibility index (Phi) is 18.6. The highest BCUT2D eigenvalue weighted by Crippen LogP contribution is 2.02. The summed E-state index contributed by atoms with van der Waals surface area (Å²) in [7, 11) is 0. The highest BCUT2D eigenvalue weighted by Gasteiger charge is 1.94. The number of carbonyl (C=O) groups excluding carboxylic acids is 1. The standard InChI is InChI=1S/C8H16O.C6H12O/c1-3-5-6-7-8(9)4-2;1-2-3-4-5-6-7/h4,8-9H,2-3,5-7H2,1H3;6H,2-5H2,1H3. The molecule has 0 fully saturated rings. The van der Waals surface area contributed by atoms with Crippen LogP contribution in [-0.2, 0) is 4.79 Å². The van der Waals surface area contributed by atoms with Gasteiger partial charge >= 0.3 is 0 Å². The number of aldehydes is 1. The van der Waals surface area contributed by atoms with E-state index in [-0.39, 0.29) is 6.10 Å². The summed E-state index contributed by atoms with van der Waals surface area (Å²) in [6.07, 6.45) is 10.9. The number of aliphatic hydroxyl groups excluding tert-OH is 1. The highest BCUT2D eigenvalue weighted by atomic mass is 16.3. The molecule has 0 aliphatic carbocycles. The monoisotopic (exact) mass is 228 g/mol. The number of unbranched alkanes of at least 4 members (excludes halogenated alkanes) is 5. The predicted octanol–water partition coefficient (Wildman–Crippen LogP) is 3.88. The summed E-state index contributed by atoms with van der Waals surface area (Å²) in [6, 6.07) is 0. The van der Waals surface area contributed by atoms with Crippen LogP contribution in [0, 0.1) is 0 Å². The highest BCUT2D eigenvalue weighted by molar-refractivity contribution is 5.48. The average Bonchev–Trinajstić information content (AvgIpc) is 2.31. The van der Waals surface area contributed by atoms with Gasteiger partial charge in [0.25, 0.3) is 0 Å². The number of rotatable bonds is 9. The summed E-state index contributed by atoms with van der Waals surface area (Å²) in [4.78, 5) is 9.68. The van der Waals surface area contributed by atoms with E-state index in [0.29, 0.717) is 0 Å². The van der Waals surface area contributed by atoms with Crippen LogP contribution in [0.5, 0.6) is 0 Å². The molecule has 1 N–H and O–H groups in total. The molecule has 0 saturated carbocycles. The molecule has 0 amide bonds. The Bertz CT molecular complexity index is 144. The van der Waals surface area contributed by atoms with Crippen LogP contribution < -0.4 is 0 Å². The van der Waals surface area contributed by atoms with E-state index in [4.69, 9.17) is 5.11 Å². The molecule has 0 bridgehead atoms. The van der Waals surface area contributed by atoms with Gasteiger partial charge in [-0.25, -0.2) is 0 Å². The van der Waals surface area contributed by atoms with Crippen molar-refractivity contribution in [2.24, 2.45) is 0 Å². The zero-order chi connectivity index (χ0) is 12.6. The number of hydrogen-bond donors (Lipinski definition) is 1. The van der Waals surface area contributed by atoms with Crippen molar-refractivity contribution in [3.05, 3.63) is 12.7 Å². The van der Waals surface area contributed by atoms with Crippen molar-refractivity contribution in [2.75, 3.05) is 0 Å². The molecular weight excluding hydrogens is 200 g/mol. The van der Waals surface area contributed by atoms with Crippen molar-refractivity contribution in [1.82, 2.24) is 0 Å². The molecule has 0 aromatic carbocycles. The number of aliphatic hydroxyl groups is 1. The molecular formula is C14H28O2. The molecule has 0 saturated heterocycles. The number of hydrogen-bond acceptors (Lipinski definition) is 2. The van der Waals surface area contributed by atoms with E-state index in [9.17, 15) is 4.79 Å². The second-order valence-electron chi connectivity index (χ2n) is 3.96. The maximum atomic E-state index is 9.68. The third-order valence-corrected chi connectivity index (χ3v) is 2.30. The van der Waals surface area contributed by atoms with Crippen molar-refractivity contribution in [3.8, 4) is 0 Å². The molecule has 0 spiro atoms. The summed E-state index contributed by atoms with van der Waals surface area (Å²) in [5.41, 5.74) is 0. The first-order chi connectivity index (χ1) is 7.72. The minimum atomic E-state index is -0.281. The van der Waals surface area contributed by atoms with Crippen LogP contribution in [0.2, 0.25) is 0 Å². The van der Waals surface area contributed by atoms with E-state index in [1.165, 1.54) is 25.7 Å². The molecule has 2 nitrogen and oxygen atoms in total. The first kappa shape index (κ1) is 17.8. The number of carbonyl (C=O) groups is 1. The third-order valence-electron chi connectivity index (χ3n) is 2.30. The quantitative estimate of drug-likeness (QED) is 0.369. The Hall–Kier alpha value is -0.630. The molecule has 2 heteroatoms.